The van der Waals surface area contributed by atoms with Gasteiger partial charge in [0.05, 0.1) is 5.69 Å². The Morgan fingerprint density at radius 1 is 0.531 bits per heavy atom. The van der Waals surface area contributed by atoms with E-state index in [2.05, 4.69) is 185 Å². The minimum absolute atomic E-state index is 0.00628. The monoisotopic (exact) mass is 664 g/mol. The van der Waals surface area contributed by atoms with Gasteiger partial charge in [-0.2, -0.15) is 11.3 Å². The van der Waals surface area contributed by atoms with E-state index in [4.69, 9.17) is 0 Å². The van der Waals surface area contributed by atoms with E-state index in [1.165, 1.54) is 77.0 Å². The van der Waals surface area contributed by atoms with E-state index in [9.17, 15) is 0 Å². The van der Waals surface area contributed by atoms with Crippen molar-refractivity contribution in [3.05, 3.63) is 112 Å². The van der Waals surface area contributed by atoms with Crippen molar-refractivity contribution < 1.29 is 0 Å². The van der Waals surface area contributed by atoms with Crippen LogP contribution in [0.1, 0.15) is 110 Å². The van der Waals surface area contributed by atoms with Crippen LogP contribution in [0.2, 0.25) is 0 Å². The van der Waals surface area contributed by atoms with Crippen molar-refractivity contribution in [2.24, 2.45) is 0 Å². The fourth-order valence-electron chi connectivity index (χ4n) is 7.89. The molecule has 0 N–H and O–H groups in total. The Morgan fingerprint density at radius 3 is 1.51 bits per heavy atom. The molecule has 0 atom stereocenters. The van der Waals surface area contributed by atoms with Gasteiger partial charge < -0.3 is 9.80 Å². The highest BCUT2D eigenvalue weighted by molar-refractivity contribution is 7.29. The number of hydrogen-bond acceptors (Lipinski definition) is 3. The van der Waals surface area contributed by atoms with Crippen molar-refractivity contribution >= 4 is 67.9 Å². The van der Waals surface area contributed by atoms with Crippen LogP contribution in [0.5, 0.6) is 0 Å². The van der Waals surface area contributed by atoms with Crippen molar-refractivity contribution in [2.45, 2.75) is 112 Å². The summed E-state index contributed by atoms with van der Waals surface area (Å²) in [6, 6.07) is 32.7. The second-order valence-corrected chi connectivity index (χ2v) is 19.5. The number of thiophene rings is 1. The second kappa shape index (κ2) is 11.1. The van der Waals surface area contributed by atoms with Crippen molar-refractivity contribution in [3.8, 4) is 0 Å². The van der Waals surface area contributed by atoms with Gasteiger partial charge in [-0.05, 0) is 104 Å². The first-order valence-corrected chi connectivity index (χ1v) is 18.8. The predicted molar refractivity (Wildman–Crippen MR) is 218 cm³/mol. The zero-order valence-electron chi connectivity index (χ0n) is 32.0. The molecule has 0 unspecified atom stereocenters. The Bertz CT molecular complexity index is 2060. The van der Waals surface area contributed by atoms with Gasteiger partial charge in [-0.3, -0.25) is 0 Å². The molecule has 3 heterocycles. The van der Waals surface area contributed by atoms with E-state index < -0.39 is 0 Å². The van der Waals surface area contributed by atoms with Crippen LogP contribution in [0.15, 0.2) is 84.9 Å². The summed E-state index contributed by atoms with van der Waals surface area (Å²) in [5, 5.41) is 0. The molecule has 0 fully saturated rings. The van der Waals surface area contributed by atoms with Crippen LogP contribution in [-0.4, -0.2) is 6.71 Å². The molecule has 0 saturated heterocycles. The fourth-order valence-corrected chi connectivity index (χ4v) is 9.57. The lowest BCUT2D eigenvalue weighted by Gasteiger charge is -2.44. The van der Waals surface area contributed by atoms with Gasteiger partial charge in [0.1, 0.15) is 0 Å². The van der Waals surface area contributed by atoms with Gasteiger partial charge in [0.2, 0.25) is 0 Å². The molecule has 0 radical (unpaired) electrons. The van der Waals surface area contributed by atoms with Crippen molar-refractivity contribution in [2.75, 3.05) is 9.80 Å². The number of aryl methyl sites for hydroxylation is 1. The zero-order valence-corrected chi connectivity index (χ0v) is 32.8. The highest BCUT2D eigenvalue weighted by Gasteiger charge is 2.48. The Hall–Kier alpha value is -3.76. The van der Waals surface area contributed by atoms with Crippen LogP contribution in [0.3, 0.4) is 0 Å². The largest absolute Gasteiger partial charge is 0.311 e. The first-order chi connectivity index (χ1) is 22.8. The Balaban J connectivity index is 1.58. The summed E-state index contributed by atoms with van der Waals surface area (Å²) in [4.78, 5) is 6.65. The van der Waals surface area contributed by atoms with E-state index in [-0.39, 0.29) is 28.4 Å². The van der Waals surface area contributed by atoms with Gasteiger partial charge in [0.15, 0.2) is 0 Å². The molecule has 0 amide bonds. The van der Waals surface area contributed by atoms with Crippen molar-refractivity contribution in [1.29, 1.82) is 0 Å². The molecule has 0 aliphatic carbocycles. The smallest absolute Gasteiger partial charge is 0.264 e. The third-order valence-electron chi connectivity index (χ3n) is 10.3. The van der Waals surface area contributed by atoms with Gasteiger partial charge in [-0.15, -0.1) is 0 Å². The summed E-state index contributed by atoms with van der Waals surface area (Å²) in [6.07, 6.45) is 0. The molecule has 7 rings (SSSR count). The highest BCUT2D eigenvalue weighted by Crippen LogP contribution is 2.52. The van der Waals surface area contributed by atoms with Crippen molar-refractivity contribution in [1.82, 2.24) is 0 Å². The first-order valence-electron chi connectivity index (χ1n) is 18.0. The number of para-hydroxylation sites is 1. The summed E-state index contributed by atoms with van der Waals surface area (Å²) in [5.74, 6) is 0. The summed E-state index contributed by atoms with van der Waals surface area (Å²) >= 11 is 2.05. The Labute approximate surface area is 300 Å². The first kappa shape index (κ1) is 33.7. The van der Waals surface area contributed by atoms with Gasteiger partial charge in [-0.25, -0.2) is 0 Å². The van der Waals surface area contributed by atoms with Gasteiger partial charge in [0.25, 0.3) is 6.71 Å². The maximum Gasteiger partial charge on any atom is 0.264 e. The number of benzene rings is 4. The fraction of sp³-hybridized carbons (Fsp3) is 0.378. The molecular formula is C45H53BN2S. The molecule has 0 saturated carbocycles. The molecule has 5 aromatic rings. The van der Waals surface area contributed by atoms with Gasteiger partial charge in [0, 0.05) is 38.1 Å². The Morgan fingerprint density at radius 2 is 1.02 bits per heavy atom. The van der Waals surface area contributed by atoms with Crippen LogP contribution in [0.25, 0.3) is 0 Å². The normalized spacial score (nSPS) is 14.5. The standard InChI is InChI=1S/C45H53BN2S/c1-28-26-35-38-36(27-28)48(32-24-20-30(21-25-32)43(5,6)7)39-37(44(8,9)10)40(45(11,12)13)49-41(39)46(38)33-16-14-15-17-34(33)47(35)31-22-18-29(19-23-31)42(2,3)4/h14-27H,1-13H3. The lowest BCUT2D eigenvalue weighted by molar-refractivity contribution is 0.542. The minimum atomic E-state index is -0.0462. The molecule has 0 spiro atoms. The molecule has 2 aliphatic rings. The maximum atomic E-state index is 2.63. The van der Waals surface area contributed by atoms with Crippen LogP contribution in [0, 0.1) is 6.92 Å². The SMILES string of the molecule is Cc1cc2c3c(c1)N(c1ccc(C(C)(C)C)cc1)c1c(sc(C(C)(C)C)c1C(C)(C)C)B3c1ccccc1N2c1ccc(C(C)(C)C)cc1. The predicted octanol–water partition coefficient (Wildman–Crippen LogP) is 11.3. The molecule has 4 heteroatoms. The maximum absolute atomic E-state index is 2.63. The summed E-state index contributed by atoms with van der Waals surface area (Å²) in [6.45, 7) is 30.6. The van der Waals surface area contributed by atoms with Crippen LogP contribution < -0.4 is 25.5 Å². The van der Waals surface area contributed by atoms with Crippen LogP contribution in [-0.2, 0) is 21.7 Å². The summed E-state index contributed by atoms with van der Waals surface area (Å²) < 4.78 is 1.46. The number of nitrogens with zero attached hydrogens (tertiary/aromatic N) is 2. The average molecular weight is 665 g/mol. The molecular weight excluding hydrogens is 611 g/mol. The van der Waals surface area contributed by atoms with Crippen molar-refractivity contribution in [3.63, 3.8) is 0 Å². The lowest BCUT2D eigenvalue weighted by atomic mass is 9.36. The van der Waals surface area contributed by atoms with E-state index >= 15 is 0 Å². The lowest BCUT2D eigenvalue weighted by Crippen LogP contribution is -2.60. The van der Waals surface area contributed by atoms with Gasteiger partial charge in [-0.1, -0.05) is 126 Å². The number of rotatable bonds is 2. The molecule has 0 bridgehead atoms. The third-order valence-corrected chi connectivity index (χ3v) is 12.0. The average Bonchev–Trinajstić information content (AvgIpc) is 3.42. The second-order valence-electron chi connectivity index (χ2n) is 18.5. The molecule has 49 heavy (non-hydrogen) atoms. The molecule has 1 aromatic heterocycles. The molecule has 4 aromatic carbocycles. The highest BCUT2D eigenvalue weighted by atomic mass is 32.1. The zero-order chi connectivity index (χ0) is 35.4. The third kappa shape index (κ3) is 5.55. The van der Waals surface area contributed by atoms with E-state index in [1.54, 1.807) is 0 Å². The van der Waals surface area contributed by atoms with E-state index in [1.807, 2.05) is 11.3 Å². The Kier molecular flexibility index (Phi) is 7.66. The minimum Gasteiger partial charge on any atom is -0.311 e. The molecule has 252 valence electrons. The summed E-state index contributed by atoms with van der Waals surface area (Å²) in [5.41, 5.74) is 16.1. The molecule has 2 nitrogen and oxygen atoms in total. The van der Waals surface area contributed by atoms with Gasteiger partial charge >= 0.3 is 0 Å². The topological polar surface area (TPSA) is 6.48 Å². The van der Waals surface area contributed by atoms with Crippen LogP contribution in [0.4, 0.5) is 34.1 Å². The number of hydrogen-bond donors (Lipinski definition) is 0. The summed E-state index contributed by atoms with van der Waals surface area (Å²) in [7, 11) is 0. The van der Waals surface area contributed by atoms with E-state index in [0.29, 0.717) is 0 Å². The number of fused-ring (bicyclic) bond motifs is 4. The number of anilines is 6. The quantitative estimate of drug-likeness (QED) is 0.170. The van der Waals surface area contributed by atoms with Crippen LogP contribution >= 0.6 is 11.3 Å². The molecule has 2 aliphatic heterocycles. The van der Waals surface area contributed by atoms with E-state index in [0.717, 1.165) is 0 Å².